The van der Waals surface area contributed by atoms with E-state index in [1.807, 2.05) is 0 Å². The van der Waals surface area contributed by atoms with E-state index in [-0.39, 0.29) is 32.6 Å². The second-order valence-electron chi connectivity index (χ2n) is 7.32. The summed E-state index contributed by atoms with van der Waals surface area (Å²) in [5.41, 5.74) is 2.08. The number of hydrogen-bond donors (Lipinski definition) is 3. The van der Waals surface area contributed by atoms with Gasteiger partial charge in [0.15, 0.2) is 0 Å². The van der Waals surface area contributed by atoms with Crippen LogP contribution in [0.1, 0.15) is 31.8 Å². The summed E-state index contributed by atoms with van der Waals surface area (Å²) in [6.07, 6.45) is 0.0131. The number of aryl methyl sites for hydroxylation is 1. The maximum atomic E-state index is 12.7. The molecule has 0 aliphatic carbocycles. The fourth-order valence-corrected chi connectivity index (χ4v) is 4.15. The molecule has 3 rings (SSSR count). The van der Waals surface area contributed by atoms with Crippen LogP contribution in [0.2, 0.25) is 15.1 Å². The molecule has 10 heteroatoms. The summed E-state index contributed by atoms with van der Waals surface area (Å²) in [7, 11) is 0. The number of rotatable bonds is 7. The molecule has 3 N–H and O–H groups in total. The van der Waals surface area contributed by atoms with Gasteiger partial charge in [-0.15, -0.1) is 0 Å². The van der Waals surface area contributed by atoms with Crippen LogP contribution >= 0.6 is 34.8 Å². The average molecular weight is 522 g/mol. The fourth-order valence-electron chi connectivity index (χ4n) is 3.28. The molecule has 3 aromatic carbocycles. The van der Waals surface area contributed by atoms with Gasteiger partial charge >= 0.3 is 5.97 Å². The van der Waals surface area contributed by atoms with Gasteiger partial charge in [0.25, 0.3) is 11.8 Å². The molecule has 0 fully saturated rings. The number of amides is 2. The third-order valence-electron chi connectivity index (χ3n) is 4.97. The van der Waals surface area contributed by atoms with Crippen molar-refractivity contribution in [2.24, 2.45) is 0 Å². The molecule has 0 aliphatic rings. The highest BCUT2D eigenvalue weighted by Gasteiger charge is 2.25. The quantitative estimate of drug-likeness (QED) is 0.279. The topological polar surface area (TPSA) is 105 Å². The van der Waals surface area contributed by atoms with Gasteiger partial charge in [0.2, 0.25) is 0 Å². The Morgan fingerprint density at radius 2 is 1.41 bits per heavy atom. The van der Waals surface area contributed by atoms with E-state index in [0.717, 1.165) is 0 Å². The zero-order valence-electron chi connectivity index (χ0n) is 17.8. The molecule has 0 saturated carbocycles. The molecule has 0 heterocycles. The first kappa shape index (κ1) is 25.5. The predicted octanol–water partition coefficient (Wildman–Crippen LogP) is 5.56. The van der Waals surface area contributed by atoms with Gasteiger partial charge in [0.1, 0.15) is 6.04 Å². The maximum absolute atomic E-state index is 12.7. The number of anilines is 1. The molecule has 1 unspecified atom stereocenters. The third-order valence-corrected chi connectivity index (χ3v) is 5.92. The Labute approximate surface area is 210 Å². The molecule has 7 nitrogen and oxygen atoms in total. The van der Waals surface area contributed by atoms with Crippen molar-refractivity contribution in [2.45, 2.75) is 19.4 Å². The summed E-state index contributed by atoms with van der Waals surface area (Å²) in [6, 6.07) is 15.1. The van der Waals surface area contributed by atoms with Crippen LogP contribution < -0.4 is 10.6 Å². The minimum atomic E-state index is -1.18. The summed E-state index contributed by atoms with van der Waals surface area (Å²) in [5.74, 6) is -2.10. The van der Waals surface area contributed by atoms with Gasteiger partial charge < -0.3 is 10.6 Å². The molecule has 34 heavy (non-hydrogen) atoms. The Morgan fingerprint density at radius 3 is 1.97 bits per heavy atom. The van der Waals surface area contributed by atoms with Gasteiger partial charge in [0.05, 0.1) is 26.2 Å². The number of hydrogen-bond acceptors (Lipinski definition) is 5. The first-order chi connectivity index (χ1) is 16.2. The van der Waals surface area contributed by atoms with Gasteiger partial charge in [-0.05, 0) is 48.4 Å². The monoisotopic (exact) mass is 520 g/mol. The molecule has 0 spiro atoms. The lowest BCUT2D eigenvalue weighted by atomic mass is 10.0. The van der Waals surface area contributed by atoms with E-state index < -0.39 is 23.8 Å². The minimum Gasteiger partial charge on any atom is -0.338 e. The molecule has 3 aromatic rings. The van der Waals surface area contributed by atoms with Crippen molar-refractivity contribution in [3.63, 3.8) is 0 Å². The summed E-state index contributed by atoms with van der Waals surface area (Å²) >= 11 is 18.3. The number of benzene rings is 3. The molecule has 176 valence electrons. The van der Waals surface area contributed by atoms with E-state index in [4.69, 9.17) is 40.1 Å². The van der Waals surface area contributed by atoms with Crippen molar-refractivity contribution in [2.75, 3.05) is 5.32 Å². The second-order valence-corrected chi connectivity index (χ2v) is 8.54. The summed E-state index contributed by atoms with van der Waals surface area (Å²) < 4.78 is 0. The molecular weight excluding hydrogens is 503 g/mol. The summed E-state index contributed by atoms with van der Waals surface area (Å²) in [5, 5.41) is 14.8. The van der Waals surface area contributed by atoms with Gasteiger partial charge in [-0.25, -0.2) is 4.79 Å². The predicted molar refractivity (Wildman–Crippen MR) is 131 cm³/mol. The standard InChI is InChI=1S/C24H19Cl3N2O5/c1-13-4-2-5-16(25)20(13)22(30)29-19(24(32)34-33)12-14-8-10-15(11-9-14)28-23(31)21-17(26)6-3-7-18(21)27/h2-11,19,33H,12H2,1H3,(H,28,31)(H,29,30). The van der Waals surface area contributed by atoms with Crippen molar-refractivity contribution in [1.29, 1.82) is 0 Å². The SMILES string of the molecule is Cc1cccc(Cl)c1C(=O)NC(Cc1ccc(NC(=O)c2c(Cl)cccc2Cl)cc1)C(=O)OO. The van der Waals surface area contributed by atoms with Gasteiger partial charge in [-0.2, -0.15) is 5.26 Å². The highest BCUT2D eigenvalue weighted by molar-refractivity contribution is 6.40. The lowest BCUT2D eigenvalue weighted by molar-refractivity contribution is -0.236. The Kier molecular flexibility index (Phi) is 8.52. The normalized spacial score (nSPS) is 11.4. The van der Waals surface area contributed by atoms with Crippen molar-refractivity contribution >= 4 is 58.3 Å². The Bertz CT molecular complexity index is 1190. The lowest BCUT2D eigenvalue weighted by Crippen LogP contribution is -2.43. The van der Waals surface area contributed by atoms with Gasteiger partial charge in [-0.1, -0.05) is 65.1 Å². The van der Waals surface area contributed by atoms with Crippen LogP contribution in [0.15, 0.2) is 60.7 Å². The van der Waals surface area contributed by atoms with E-state index in [0.29, 0.717) is 16.8 Å². The molecular formula is C24H19Cl3N2O5. The van der Waals surface area contributed by atoms with Crippen molar-refractivity contribution in [3.05, 3.63) is 98.0 Å². The average Bonchev–Trinajstić information content (AvgIpc) is 2.79. The largest absolute Gasteiger partial charge is 0.364 e. The summed E-state index contributed by atoms with van der Waals surface area (Å²) in [6.45, 7) is 1.71. The Morgan fingerprint density at radius 1 is 0.853 bits per heavy atom. The minimum absolute atomic E-state index is 0.0131. The van der Waals surface area contributed by atoms with Crippen molar-refractivity contribution in [1.82, 2.24) is 5.32 Å². The molecule has 0 bridgehead atoms. The number of nitrogens with one attached hydrogen (secondary N) is 2. The Balaban J connectivity index is 1.72. The Hall–Kier alpha value is -3.10. The van der Waals surface area contributed by atoms with Gasteiger partial charge in [0, 0.05) is 12.1 Å². The first-order valence-electron chi connectivity index (χ1n) is 9.96. The number of halogens is 3. The highest BCUT2D eigenvalue weighted by Crippen LogP contribution is 2.25. The van der Waals surface area contributed by atoms with Crippen LogP contribution in [0.5, 0.6) is 0 Å². The van der Waals surface area contributed by atoms with Crippen LogP contribution in [-0.2, 0) is 16.1 Å². The lowest BCUT2D eigenvalue weighted by Gasteiger charge is -2.17. The fraction of sp³-hybridized carbons (Fsp3) is 0.125. The van der Waals surface area contributed by atoms with Crippen LogP contribution in [0.3, 0.4) is 0 Å². The van der Waals surface area contributed by atoms with E-state index >= 15 is 0 Å². The van der Waals surface area contributed by atoms with E-state index in [9.17, 15) is 14.4 Å². The highest BCUT2D eigenvalue weighted by atomic mass is 35.5. The smallest absolute Gasteiger partial charge is 0.338 e. The van der Waals surface area contributed by atoms with E-state index in [2.05, 4.69) is 15.5 Å². The molecule has 0 saturated heterocycles. The van der Waals surface area contributed by atoms with E-state index in [1.165, 1.54) is 0 Å². The van der Waals surface area contributed by atoms with Crippen LogP contribution in [0.4, 0.5) is 5.69 Å². The second kappa shape index (κ2) is 11.4. The third kappa shape index (κ3) is 6.07. The maximum Gasteiger partial charge on any atom is 0.364 e. The van der Waals surface area contributed by atoms with Crippen LogP contribution in [0, 0.1) is 6.92 Å². The number of carbonyl (C=O) groups excluding carboxylic acids is 3. The molecule has 0 aliphatic heterocycles. The van der Waals surface area contributed by atoms with E-state index in [1.54, 1.807) is 67.6 Å². The molecule has 0 radical (unpaired) electrons. The van der Waals surface area contributed by atoms with Crippen molar-refractivity contribution < 1.29 is 24.5 Å². The van der Waals surface area contributed by atoms with Crippen LogP contribution in [-0.4, -0.2) is 29.1 Å². The van der Waals surface area contributed by atoms with Crippen LogP contribution in [0.25, 0.3) is 0 Å². The number of carbonyl (C=O) groups is 3. The first-order valence-corrected chi connectivity index (χ1v) is 11.1. The zero-order valence-corrected chi connectivity index (χ0v) is 20.0. The van der Waals surface area contributed by atoms with Gasteiger partial charge in [-0.3, -0.25) is 14.5 Å². The summed E-state index contributed by atoms with van der Waals surface area (Å²) in [4.78, 5) is 41.2. The molecule has 2 amide bonds. The van der Waals surface area contributed by atoms with Crippen molar-refractivity contribution in [3.8, 4) is 0 Å². The zero-order chi connectivity index (χ0) is 24.8. The molecule has 1 atom stereocenters. The molecule has 0 aromatic heterocycles.